The van der Waals surface area contributed by atoms with Crippen molar-refractivity contribution >= 4 is 60.2 Å². The molecule has 41 heavy (non-hydrogen) atoms. The van der Waals surface area contributed by atoms with Gasteiger partial charge in [-0.3, -0.25) is 0 Å². The summed E-state index contributed by atoms with van der Waals surface area (Å²) >= 11 is 0. The average molecular weight is 522 g/mol. The summed E-state index contributed by atoms with van der Waals surface area (Å²) in [6, 6.07) is 59.1. The van der Waals surface area contributed by atoms with Crippen LogP contribution in [0.3, 0.4) is 0 Å². The van der Waals surface area contributed by atoms with Crippen molar-refractivity contribution in [1.29, 1.82) is 0 Å². The van der Waals surface area contributed by atoms with Crippen LogP contribution >= 0.6 is 0 Å². The molecule has 8 aromatic rings. The van der Waals surface area contributed by atoms with Crippen LogP contribution in [0.2, 0.25) is 0 Å². The predicted octanol–water partition coefficient (Wildman–Crippen LogP) is 11.4. The van der Waals surface area contributed by atoms with E-state index in [1.165, 1.54) is 54.2 Å². The van der Waals surface area contributed by atoms with Gasteiger partial charge in [-0.1, -0.05) is 121 Å². The highest BCUT2D eigenvalue weighted by atomic mass is 15.1. The van der Waals surface area contributed by atoms with E-state index in [0.29, 0.717) is 0 Å². The summed E-state index contributed by atoms with van der Waals surface area (Å²) in [4.78, 5) is 2.30. The molecule has 1 nitrogen and oxygen atoms in total. The predicted molar refractivity (Wildman–Crippen MR) is 177 cm³/mol. The minimum Gasteiger partial charge on any atom is -0.311 e. The summed E-state index contributed by atoms with van der Waals surface area (Å²) in [6.45, 7) is 0. The lowest BCUT2D eigenvalue weighted by Crippen LogP contribution is -2.09. The average Bonchev–Trinajstić information content (AvgIpc) is 3.05. The van der Waals surface area contributed by atoms with Crippen LogP contribution in [-0.2, 0) is 0 Å². The van der Waals surface area contributed by atoms with Crippen LogP contribution in [0.4, 0.5) is 17.1 Å². The van der Waals surface area contributed by atoms with E-state index in [0.717, 1.165) is 17.1 Å². The minimum atomic E-state index is 1.14. The summed E-state index contributed by atoms with van der Waals surface area (Å²) < 4.78 is 0. The standard InChI is InChI=1S/C40H27N/c1-3-10-32(11-4-1)41(33-12-5-2-6-13-33)34-20-15-28(16-21-34)30-18-22-36-31(27-30)19-24-40-38(36)26-25-37-35-14-8-7-9-29(35)17-23-39(37)40/h1-27H. The van der Waals surface area contributed by atoms with E-state index < -0.39 is 0 Å². The number of benzene rings is 8. The van der Waals surface area contributed by atoms with Crippen molar-refractivity contribution < 1.29 is 0 Å². The molecule has 0 unspecified atom stereocenters. The van der Waals surface area contributed by atoms with Gasteiger partial charge in [0, 0.05) is 17.1 Å². The Morgan fingerprint density at radius 2 is 0.707 bits per heavy atom. The Morgan fingerprint density at radius 1 is 0.268 bits per heavy atom. The molecule has 0 N–H and O–H groups in total. The molecule has 8 aromatic carbocycles. The van der Waals surface area contributed by atoms with Gasteiger partial charge in [0.05, 0.1) is 0 Å². The molecule has 0 amide bonds. The second kappa shape index (κ2) is 9.66. The van der Waals surface area contributed by atoms with Gasteiger partial charge in [0.2, 0.25) is 0 Å². The van der Waals surface area contributed by atoms with Gasteiger partial charge in [-0.2, -0.15) is 0 Å². The van der Waals surface area contributed by atoms with Gasteiger partial charge in [-0.05, 0) is 96.7 Å². The molecule has 0 aliphatic heterocycles. The molecule has 0 saturated heterocycles. The summed E-state index contributed by atoms with van der Waals surface area (Å²) in [6.07, 6.45) is 0. The Hall–Kier alpha value is -5.40. The maximum atomic E-state index is 2.32. The maximum absolute atomic E-state index is 2.32. The van der Waals surface area contributed by atoms with Crippen LogP contribution in [-0.4, -0.2) is 0 Å². The van der Waals surface area contributed by atoms with Crippen LogP contribution in [0.25, 0.3) is 54.2 Å². The Kier molecular flexibility index (Phi) is 5.53. The first-order valence-electron chi connectivity index (χ1n) is 14.1. The van der Waals surface area contributed by atoms with E-state index in [2.05, 4.69) is 169 Å². The van der Waals surface area contributed by atoms with E-state index in [1.807, 2.05) is 0 Å². The fourth-order valence-electron chi connectivity index (χ4n) is 6.23. The zero-order valence-corrected chi connectivity index (χ0v) is 22.5. The van der Waals surface area contributed by atoms with Gasteiger partial charge in [-0.25, -0.2) is 0 Å². The Bertz CT molecular complexity index is 2140. The van der Waals surface area contributed by atoms with Crippen LogP contribution in [0.15, 0.2) is 164 Å². The van der Waals surface area contributed by atoms with E-state index in [-0.39, 0.29) is 0 Å². The highest BCUT2D eigenvalue weighted by molar-refractivity contribution is 6.22. The molecule has 8 rings (SSSR count). The third kappa shape index (κ3) is 4.02. The molecular weight excluding hydrogens is 494 g/mol. The number of hydrogen-bond donors (Lipinski definition) is 0. The van der Waals surface area contributed by atoms with Crippen LogP contribution in [0.5, 0.6) is 0 Å². The van der Waals surface area contributed by atoms with Crippen molar-refractivity contribution in [3.63, 3.8) is 0 Å². The molecule has 0 saturated carbocycles. The second-order valence-electron chi connectivity index (χ2n) is 10.6. The van der Waals surface area contributed by atoms with Crippen LogP contribution in [0, 0.1) is 0 Å². The molecule has 0 aliphatic rings. The zero-order chi connectivity index (χ0) is 27.2. The van der Waals surface area contributed by atoms with Crippen molar-refractivity contribution in [3.8, 4) is 11.1 Å². The molecule has 0 aromatic heterocycles. The molecule has 0 radical (unpaired) electrons. The van der Waals surface area contributed by atoms with Gasteiger partial charge in [0.25, 0.3) is 0 Å². The molecule has 0 fully saturated rings. The van der Waals surface area contributed by atoms with Crippen LogP contribution in [0.1, 0.15) is 0 Å². The molecule has 0 atom stereocenters. The molecule has 192 valence electrons. The topological polar surface area (TPSA) is 3.24 Å². The number of anilines is 3. The molecule has 0 bridgehead atoms. The van der Waals surface area contributed by atoms with E-state index >= 15 is 0 Å². The van der Waals surface area contributed by atoms with Crippen LogP contribution < -0.4 is 4.90 Å². The van der Waals surface area contributed by atoms with Gasteiger partial charge in [-0.15, -0.1) is 0 Å². The molecule has 0 heterocycles. The SMILES string of the molecule is c1ccc(N(c2ccccc2)c2ccc(-c3ccc4c(ccc5c4ccc4c6ccccc6ccc45)c3)cc2)cc1. The minimum absolute atomic E-state index is 1.14. The van der Waals surface area contributed by atoms with Gasteiger partial charge >= 0.3 is 0 Å². The Labute approximate surface area is 239 Å². The monoisotopic (exact) mass is 521 g/mol. The summed E-state index contributed by atoms with van der Waals surface area (Å²) in [5.74, 6) is 0. The molecule has 1 heteroatoms. The fraction of sp³-hybridized carbons (Fsp3) is 0. The molecule has 0 spiro atoms. The zero-order valence-electron chi connectivity index (χ0n) is 22.5. The van der Waals surface area contributed by atoms with E-state index in [4.69, 9.17) is 0 Å². The van der Waals surface area contributed by atoms with Crippen molar-refractivity contribution in [2.75, 3.05) is 4.90 Å². The smallest absolute Gasteiger partial charge is 0.0462 e. The van der Waals surface area contributed by atoms with Crippen molar-refractivity contribution in [2.45, 2.75) is 0 Å². The Balaban J connectivity index is 1.19. The normalized spacial score (nSPS) is 11.4. The first-order valence-corrected chi connectivity index (χ1v) is 14.1. The van der Waals surface area contributed by atoms with Crippen molar-refractivity contribution in [2.24, 2.45) is 0 Å². The molecular formula is C40H27N. The van der Waals surface area contributed by atoms with Crippen molar-refractivity contribution in [3.05, 3.63) is 164 Å². The first-order chi connectivity index (χ1) is 20.3. The lowest BCUT2D eigenvalue weighted by molar-refractivity contribution is 1.28. The van der Waals surface area contributed by atoms with E-state index in [9.17, 15) is 0 Å². The third-order valence-electron chi connectivity index (χ3n) is 8.23. The number of fused-ring (bicyclic) bond motifs is 7. The van der Waals surface area contributed by atoms with Gasteiger partial charge in [0.15, 0.2) is 0 Å². The summed E-state index contributed by atoms with van der Waals surface area (Å²) in [7, 11) is 0. The highest BCUT2D eigenvalue weighted by Gasteiger charge is 2.13. The summed E-state index contributed by atoms with van der Waals surface area (Å²) in [5, 5.41) is 10.4. The van der Waals surface area contributed by atoms with Crippen molar-refractivity contribution in [1.82, 2.24) is 0 Å². The second-order valence-corrected chi connectivity index (χ2v) is 10.6. The largest absolute Gasteiger partial charge is 0.311 e. The number of rotatable bonds is 4. The third-order valence-corrected chi connectivity index (χ3v) is 8.23. The maximum Gasteiger partial charge on any atom is 0.0462 e. The summed E-state index contributed by atoms with van der Waals surface area (Å²) in [5.41, 5.74) is 5.86. The fourth-order valence-corrected chi connectivity index (χ4v) is 6.23. The Morgan fingerprint density at radius 3 is 1.37 bits per heavy atom. The lowest BCUT2D eigenvalue weighted by atomic mass is 9.93. The first kappa shape index (κ1) is 23.5. The number of hydrogen-bond acceptors (Lipinski definition) is 1. The van der Waals surface area contributed by atoms with Gasteiger partial charge in [0.1, 0.15) is 0 Å². The van der Waals surface area contributed by atoms with E-state index in [1.54, 1.807) is 0 Å². The number of nitrogens with zero attached hydrogens (tertiary/aromatic N) is 1. The van der Waals surface area contributed by atoms with Gasteiger partial charge < -0.3 is 4.90 Å². The highest BCUT2D eigenvalue weighted by Crippen LogP contribution is 2.38. The molecule has 0 aliphatic carbocycles. The number of para-hydroxylation sites is 2. The quantitative estimate of drug-likeness (QED) is 0.208. The lowest BCUT2D eigenvalue weighted by Gasteiger charge is -2.25.